The number of hydrogen-bond donors (Lipinski definition) is 0. The van der Waals surface area contributed by atoms with Crippen LogP contribution < -0.4 is 0 Å². The van der Waals surface area contributed by atoms with Crippen LogP contribution in [0.25, 0.3) is 6.08 Å². The van der Waals surface area contributed by atoms with Gasteiger partial charge in [0.2, 0.25) is 10.0 Å². The quantitative estimate of drug-likeness (QED) is 0.617. The van der Waals surface area contributed by atoms with E-state index in [1.165, 1.54) is 10.4 Å². The van der Waals surface area contributed by atoms with Crippen LogP contribution >= 0.6 is 0 Å². The van der Waals surface area contributed by atoms with Gasteiger partial charge >= 0.3 is 5.97 Å². The van der Waals surface area contributed by atoms with Crippen molar-refractivity contribution >= 4 is 22.1 Å². The van der Waals surface area contributed by atoms with Gasteiger partial charge in [-0.25, -0.2) is 13.2 Å². The monoisotopic (exact) mass is 323 g/mol. The largest absolute Gasteiger partial charge is 0.463 e. The van der Waals surface area contributed by atoms with E-state index in [0.717, 1.165) is 19.3 Å². The first-order valence-electron chi connectivity index (χ1n) is 7.49. The van der Waals surface area contributed by atoms with Crippen molar-refractivity contribution in [2.24, 2.45) is 0 Å². The van der Waals surface area contributed by atoms with E-state index in [1.807, 2.05) is 0 Å². The average molecular weight is 323 g/mol. The molecule has 0 atom stereocenters. The predicted octanol–water partition coefficient (Wildman–Crippen LogP) is 2.44. The Balaban J connectivity index is 2.18. The third-order valence-corrected chi connectivity index (χ3v) is 5.40. The Morgan fingerprint density at radius 1 is 1.27 bits per heavy atom. The minimum absolute atomic E-state index is 0.264. The number of rotatable bonds is 5. The Labute approximate surface area is 131 Å². The first-order chi connectivity index (χ1) is 10.5. The fourth-order valence-corrected chi connectivity index (χ4v) is 3.96. The lowest BCUT2D eigenvalue weighted by atomic mass is 10.2. The number of esters is 1. The third-order valence-electron chi connectivity index (χ3n) is 3.51. The Hall–Kier alpha value is -1.66. The van der Waals surface area contributed by atoms with Crippen LogP contribution in [0.15, 0.2) is 35.2 Å². The van der Waals surface area contributed by atoms with Gasteiger partial charge in [-0.15, -0.1) is 0 Å². The molecule has 1 aliphatic heterocycles. The molecule has 0 saturated carbocycles. The molecule has 1 aromatic carbocycles. The lowest BCUT2D eigenvalue weighted by Crippen LogP contribution is -2.35. The summed E-state index contributed by atoms with van der Waals surface area (Å²) in [6, 6.07) is 6.61. The fourth-order valence-electron chi connectivity index (χ4n) is 2.39. The second kappa shape index (κ2) is 7.56. The summed E-state index contributed by atoms with van der Waals surface area (Å²) in [5, 5.41) is 0. The maximum absolute atomic E-state index is 12.6. The SMILES string of the molecule is CCOC(=O)/C=C/c1cccc(S(=O)(=O)N2CCCCC2)c1. The van der Waals surface area contributed by atoms with Crippen LogP contribution in [-0.4, -0.2) is 38.4 Å². The molecule has 0 radical (unpaired) electrons. The highest BCUT2D eigenvalue weighted by atomic mass is 32.2. The van der Waals surface area contributed by atoms with Crippen molar-refractivity contribution in [1.29, 1.82) is 0 Å². The smallest absolute Gasteiger partial charge is 0.330 e. The molecule has 0 amide bonds. The van der Waals surface area contributed by atoms with Crippen LogP contribution in [0.5, 0.6) is 0 Å². The lowest BCUT2D eigenvalue weighted by Gasteiger charge is -2.25. The van der Waals surface area contributed by atoms with E-state index in [0.29, 0.717) is 25.3 Å². The molecule has 1 aliphatic rings. The number of benzene rings is 1. The molecule has 0 unspecified atom stereocenters. The van der Waals surface area contributed by atoms with Crippen molar-refractivity contribution in [1.82, 2.24) is 4.31 Å². The summed E-state index contributed by atoms with van der Waals surface area (Å²) >= 11 is 0. The number of nitrogens with zero attached hydrogens (tertiary/aromatic N) is 1. The molecule has 1 heterocycles. The number of carbonyl (C=O) groups is 1. The predicted molar refractivity (Wildman–Crippen MR) is 84.7 cm³/mol. The van der Waals surface area contributed by atoms with Gasteiger partial charge in [0.25, 0.3) is 0 Å². The topological polar surface area (TPSA) is 63.7 Å². The van der Waals surface area contributed by atoms with Crippen molar-refractivity contribution < 1.29 is 17.9 Å². The summed E-state index contributed by atoms with van der Waals surface area (Å²) in [7, 11) is -3.45. The van der Waals surface area contributed by atoms with Crippen LogP contribution in [0, 0.1) is 0 Å². The van der Waals surface area contributed by atoms with Gasteiger partial charge in [-0.1, -0.05) is 18.6 Å². The highest BCUT2D eigenvalue weighted by Gasteiger charge is 2.25. The normalized spacial score (nSPS) is 16.8. The van der Waals surface area contributed by atoms with E-state index in [1.54, 1.807) is 37.3 Å². The highest BCUT2D eigenvalue weighted by molar-refractivity contribution is 7.89. The molecule has 1 saturated heterocycles. The molecule has 0 N–H and O–H groups in total. The molecule has 0 bridgehead atoms. The highest BCUT2D eigenvalue weighted by Crippen LogP contribution is 2.21. The minimum Gasteiger partial charge on any atom is -0.463 e. The van der Waals surface area contributed by atoms with Gasteiger partial charge < -0.3 is 4.74 Å². The summed E-state index contributed by atoms with van der Waals surface area (Å²) in [5.74, 6) is -0.438. The summed E-state index contributed by atoms with van der Waals surface area (Å²) in [5.41, 5.74) is 0.658. The first-order valence-corrected chi connectivity index (χ1v) is 8.93. The Morgan fingerprint density at radius 3 is 2.68 bits per heavy atom. The molecule has 22 heavy (non-hydrogen) atoms. The average Bonchev–Trinajstić information content (AvgIpc) is 2.54. The molecule has 120 valence electrons. The molecule has 0 spiro atoms. The molecule has 2 rings (SSSR count). The molecule has 0 aliphatic carbocycles. The van der Waals surface area contributed by atoms with Crippen molar-refractivity contribution in [2.75, 3.05) is 19.7 Å². The molecule has 1 fully saturated rings. The standard InChI is InChI=1S/C16H21NO4S/c1-2-21-16(18)10-9-14-7-6-8-15(13-14)22(19,20)17-11-4-3-5-12-17/h6-10,13H,2-5,11-12H2,1H3/b10-9+. The molecule has 6 heteroatoms. The van der Waals surface area contributed by atoms with E-state index in [9.17, 15) is 13.2 Å². The Morgan fingerprint density at radius 2 is 2.00 bits per heavy atom. The van der Waals surface area contributed by atoms with Crippen molar-refractivity contribution in [2.45, 2.75) is 31.1 Å². The molecular formula is C16H21NO4S. The van der Waals surface area contributed by atoms with Crippen LogP contribution in [0.3, 0.4) is 0 Å². The Kier molecular flexibility index (Phi) is 5.74. The van der Waals surface area contributed by atoms with Crippen LogP contribution in [-0.2, 0) is 19.6 Å². The lowest BCUT2D eigenvalue weighted by molar-refractivity contribution is -0.137. The molecule has 0 aromatic heterocycles. The maximum atomic E-state index is 12.6. The molecular weight excluding hydrogens is 302 g/mol. The van der Waals surface area contributed by atoms with Gasteiger partial charge in [0.15, 0.2) is 0 Å². The van der Waals surface area contributed by atoms with E-state index < -0.39 is 16.0 Å². The zero-order valence-electron chi connectivity index (χ0n) is 12.7. The van der Waals surface area contributed by atoms with E-state index in [4.69, 9.17) is 4.74 Å². The van der Waals surface area contributed by atoms with Gasteiger partial charge in [-0.2, -0.15) is 4.31 Å². The van der Waals surface area contributed by atoms with Gasteiger partial charge in [0, 0.05) is 19.2 Å². The summed E-state index contributed by atoms with van der Waals surface area (Å²) in [6.45, 7) is 3.20. The number of sulfonamides is 1. The van der Waals surface area contributed by atoms with Crippen LogP contribution in [0.1, 0.15) is 31.7 Å². The number of carbonyl (C=O) groups excluding carboxylic acids is 1. The van der Waals surface area contributed by atoms with Crippen molar-refractivity contribution in [3.05, 3.63) is 35.9 Å². The second-order valence-corrected chi connectivity index (χ2v) is 7.06. The van der Waals surface area contributed by atoms with Crippen molar-refractivity contribution in [3.63, 3.8) is 0 Å². The van der Waals surface area contributed by atoms with Gasteiger partial charge in [0.05, 0.1) is 11.5 Å². The summed E-state index contributed by atoms with van der Waals surface area (Å²) in [6.07, 6.45) is 5.75. The summed E-state index contributed by atoms with van der Waals surface area (Å²) in [4.78, 5) is 11.6. The second-order valence-electron chi connectivity index (χ2n) is 5.12. The van der Waals surface area contributed by atoms with E-state index in [-0.39, 0.29) is 4.90 Å². The Bertz CT molecular complexity index is 646. The van der Waals surface area contributed by atoms with E-state index in [2.05, 4.69) is 0 Å². The zero-order valence-corrected chi connectivity index (χ0v) is 13.5. The van der Waals surface area contributed by atoms with E-state index >= 15 is 0 Å². The van der Waals surface area contributed by atoms with Gasteiger partial charge in [-0.3, -0.25) is 0 Å². The molecule has 5 nitrogen and oxygen atoms in total. The first kappa shape index (κ1) is 16.7. The number of hydrogen-bond acceptors (Lipinski definition) is 4. The third kappa shape index (κ3) is 4.18. The zero-order chi connectivity index (χ0) is 16.0. The summed E-state index contributed by atoms with van der Waals surface area (Å²) < 4.78 is 31.5. The van der Waals surface area contributed by atoms with Crippen molar-refractivity contribution in [3.8, 4) is 0 Å². The number of ether oxygens (including phenoxy) is 1. The molecule has 1 aromatic rings. The van der Waals surface area contributed by atoms with Crippen LogP contribution in [0.2, 0.25) is 0 Å². The minimum atomic E-state index is -3.45. The van der Waals surface area contributed by atoms with Crippen LogP contribution in [0.4, 0.5) is 0 Å². The van der Waals surface area contributed by atoms with Gasteiger partial charge in [-0.05, 0) is 43.5 Å². The van der Waals surface area contributed by atoms with Gasteiger partial charge in [0.1, 0.15) is 0 Å². The number of piperidine rings is 1. The fraction of sp³-hybridized carbons (Fsp3) is 0.438. The maximum Gasteiger partial charge on any atom is 0.330 e.